The number of pyridine rings is 1. The molecule has 2 heterocycles. The molecule has 0 spiro atoms. The summed E-state index contributed by atoms with van der Waals surface area (Å²) in [5, 5.41) is 2.82. The maximum Gasteiger partial charge on any atom is 0.255 e. The monoisotopic (exact) mass is 303 g/mol. The summed E-state index contributed by atoms with van der Waals surface area (Å²) in [6.45, 7) is 0. The van der Waals surface area contributed by atoms with Crippen LogP contribution in [0.1, 0.15) is 15.9 Å². The summed E-state index contributed by atoms with van der Waals surface area (Å²) in [7, 11) is 1.75. The molecule has 21 heavy (non-hydrogen) atoms. The predicted molar refractivity (Wildman–Crippen MR) is 83.0 cm³/mol. The standard InChI is InChI=1S/C15H13N3O2.ClH/c1-18-13-3-2-12(8-11(13)9-14(18)19)17-15(20)10-4-6-16-7-5-10;/h2-8H,9H2,1H3,(H,17,20);1H. The van der Waals surface area contributed by atoms with Gasteiger partial charge in [-0.3, -0.25) is 14.6 Å². The molecule has 0 aliphatic carbocycles. The lowest BCUT2D eigenvalue weighted by molar-refractivity contribution is -0.117. The molecule has 0 fully saturated rings. The normalized spacial score (nSPS) is 12.6. The number of aromatic nitrogens is 1. The second kappa shape index (κ2) is 5.93. The summed E-state index contributed by atoms with van der Waals surface area (Å²) < 4.78 is 0. The van der Waals surface area contributed by atoms with E-state index < -0.39 is 0 Å². The van der Waals surface area contributed by atoms with Crippen molar-refractivity contribution in [2.45, 2.75) is 6.42 Å². The van der Waals surface area contributed by atoms with Gasteiger partial charge in [-0.25, -0.2) is 0 Å². The summed E-state index contributed by atoms with van der Waals surface area (Å²) in [5.41, 5.74) is 3.07. The highest BCUT2D eigenvalue weighted by atomic mass is 35.5. The predicted octanol–water partition coefficient (Wildman–Crippen LogP) is 2.27. The van der Waals surface area contributed by atoms with Gasteiger partial charge >= 0.3 is 0 Å². The Bertz CT molecular complexity index is 689. The van der Waals surface area contributed by atoms with E-state index in [1.54, 1.807) is 42.5 Å². The molecule has 108 valence electrons. The number of anilines is 2. The second-order valence-electron chi connectivity index (χ2n) is 4.66. The van der Waals surface area contributed by atoms with Gasteiger partial charge in [-0.1, -0.05) is 0 Å². The van der Waals surface area contributed by atoms with Crippen molar-refractivity contribution in [1.82, 2.24) is 4.98 Å². The van der Waals surface area contributed by atoms with E-state index in [-0.39, 0.29) is 24.2 Å². The number of likely N-dealkylation sites (N-methyl/N-ethyl adjacent to an activating group) is 1. The smallest absolute Gasteiger partial charge is 0.255 e. The van der Waals surface area contributed by atoms with E-state index in [0.717, 1.165) is 11.3 Å². The summed E-state index contributed by atoms with van der Waals surface area (Å²) in [4.78, 5) is 29.1. The zero-order chi connectivity index (χ0) is 14.1. The Labute approximate surface area is 128 Å². The van der Waals surface area contributed by atoms with Crippen LogP contribution in [-0.2, 0) is 11.2 Å². The highest BCUT2D eigenvalue weighted by molar-refractivity contribution is 6.05. The Morgan fingerprint density at radius 3 is 2.67 bits per heavy atom. The molecule has 0 unspecified atom stereocenters. The van der Waals surface area contributed by atoms with Crippen molar-refractivity contribution < 1.29 is 9.59 Å². The topological polar surface area (TPSA) is 62.3 Å². The molecular weight excluding hydrogens is 290 g/mol. The van der Waals surface area contributed by atoms with Gasteiger partial charge in [-0.15, -0.1) is 12.4 Å². The Hall–Kier alpha value is -2.40. The van der Waals surface area contributed by atoms with Gasteiger partial charge < -0.3 is 10.2 Å². The van der Waals surface area contributed by atoms with Crippen molar-refractivity contribution >= 4 is 35.6 Å². The summed E-state index contributed by atoms with van der Waals surface area (Å²) >= 11 is 0. The van der Waals surface area contributed by atoms with Crippen LogP contribution in [0, 0.1) is 0 Å². The lowest BCUT2D eigenvalue weighted by atomic mass is 10.1. The van der Waals surface area contributed by atoms with Crippen LogP contribution in [0.5, 0.6) is 0 Å². The van der Waals surface area contributed by atoms with Crippen molar-refractivity contribution in [3.8, 4) is 0 Å². The third kappa shape index (κ3) is 2.87. The molecule has 1 aromatic heterocycles. The minimum atomic E-state index is -0.190. The molecule has 2 amide bonds. The van der Waals surface area contributed by atoms with E-state index in [4.69, 9.17) is 0 Å². The second-order valence-corrected chi connectivity index (χ2v) is 4.66. The Balaban J connectivity index is 0.00000161. The molecule has 6 heteroatoms. The fourth-order valence-corrected chi connectivity index (χ4v) is 2.25. The van der Waals surface area contributed by atoms with Crippen LogP contribution >= 0.6 is 12.4 Å². The summed E-state index contributed by atoms with van der Waals surface area (Å²) in [5.74, 6) is -0.123. The van der Waals surface area contributed by atoms with E-state index in [1.165, 1.54) is 0 Å². The molecule has 1 aliphatic rings. The zero-order valence-electron chi connectivity index (χ0n) is 11.4. The highest BCUT2D eigenvalue weighted by Gasteiger charge is 2.24. The molecule has 0 saturated heterocycles. The van der Waals surface area contributed by atoms with Gasteiger partial charge in [-0.05, 0) is 35.9 Å². The fraction of sp³-hybridized carbons (Fsp3) is 0.133. The number of rotatable bonds is 2. The number of fused-ring (bicyclic) bond motifs is 1. The van der Waals surface area contributed by atoms with Crippen LogP contribution in [0.25, 0.3) is 0 Å². The first-order valence-electron chi connectivity index (χ1n) is 6.26. The lowest BCUT2D eigenvalue weighted by Gasteiger charge is -2.11. The van der Waals surface area contributed by atoms with Crippen molar-refractivity contribution in [3.05, 3.63) is 53.9 Å². The molecule has 0 bridgehead atoms. The van der Waals surface area contributed by atoms with Gasteiger partial charge in [0.1, 0.15) is 0 Å². The molecule has 1 N–H and O–H groups in total. The highest BCUT2D eigenvalue weighted by Crippen LogP contribution is 2.30. The number of benzene rings is 1. The molecule has 0 saturated carbocycles. The molecule has 1 aromatic carbocycles. The molecule has 3 rings (SSSR count). The Kier molecular flexibility index (Phi) is 4.23. The van der Waals surface area contributed by atoms with Gasteiger partial charge in [0.25, 0.3) is 5.91 Å². The summed E-state index contributed by atoms with van der Waals surface area (Å²) in [6, 6.07) is 8.80. The first kappa shape index (κ1) is 15.0. The van der Waals surface area contributed by atoms with E-state index in [1.807, 2.05) is 12.1 Å². The molecule has 5 nitrogen and oxygen atoms in total. The molecule has 0 atom stereocenters. The van der Waals surface area contributed by atoms with Crippen molar-refractivity contribution in [2.24, 2.45) is 0 Å². The van der Waals surface area contributed by atoms with Crippen molar-refractivity contribution in [2.75, 3.05) is 17.3 Å². The number of halogens is 1. The van der Waals surface area contributed by atoms with E-state index >= 15 is 0 Å². The van der Waals surface area contributed by atoms with Gasteiger partial charge in [0.2, 0.25) is 5.91 Å². The van der Waals surface area contributed by atoms with Crippen LogP contribution in [0.15, 0.2) is 42.7 Å². The minimum Gasteiger partial charge on any atom is -0.322 e. The van der Waals surface area contributed by atoms with Crippen molar-refractivity contribution in [1.29, 1.82) is 0 Å². The number of hydrogen-bond acceptors (Lipinski definition) is 3. The Morgan fingerprint density at radius 1 is 1.24 bits per heavy atom. The van der Waals surface area contributed by atoms with Gasteiger partial charge in [0.05, 0.1) is 6.42 Å². The molecular formula is C15H14ClN3O2. The van der Waals surface area contributed by atoms with Crippen LogP contribution in [0.4, 0.5) is 11.4 Å². The number of amides is 2. The summed E-state index contributed by atoms with van der Waals surface area (Å²) in [6.07, 6.45) is 3.53. The van der Waals surface area contributed by atoms with Gasteiger partial charge in [0.15, 0.2) is 0 Å². The first-order chi connectivity index (χ1) is 9.65. The minimum absolute atomic E-state index is 0. The quantitative estimate of drug-likeness (QED) is 0.926. The Morgan fingerprint density at radius 2 is 1.95 bits per heavy atom. The molecule has 0 radical (unpaired) electrons. The van der Waals surface area contributed by atoms with E-state index in [2.05, 4.69) is 10.3 Å². The van der Waals surface area contributed by atoms with Crippen LogP contribution in [-0.4, -0.2) is 23.8 Å². The average molecular weight is 304 g/mol. The van der Waals surface area contributed by atoms with E-state index in [0.29, 0.717) is 17.7 Å². The third-order valence-corrected chi connectivity index (χ3v) is 3.36. The zero-order valence-corrected chi connectivity index (χ0v) is 12.2. The van der Waals surface area contributed by atoms with Crippen LogP contribution in [0.3, 0.4) is 0 Å². The van der Waals surface area contributed by atoms with Gasteiger partial charge in [-0.2, -0.15) is 0 Å². The fourth-order valence-electron chi connectivity index (χ4n) is 2.25. The first-order valence-corrected chi connectivity index (χ1v) is 6.26. The van der Waals surface area contributed by atoms with Crippen molar-refractivity contribution in [3.63, 3.8) is 0 Å². The maximum atomic E-state index is 12.0. The van der Waals surface area contributed by atoms with Crippen LogP contribution < -0.4 is 10.2 Å². The number of hydrogen-bond donors (Lipinski definition) is 1. The lowest BCUT2D eigenvalue weighted by Crippen LogP contribution is -2.20. The number of carbonyl (C=O) groups is 2. The largest absolute Gasteiger partial charge is 0.322 e. The van der Waals surface area contributed by atoms with Gasteiger partial charge in [0, 0.05) is 36.4 Å². The molecule has 1 aliphatic heterocycles. The number of nitrogens with one attached hydrogen (secondary N) is 1. The maximum absolute atomic E-state index is 12.0. The van der Waals surface area contributed by atoms with E-state index in [9.17, 15) is 9.59 Å². The third-order valence-electron chi connectivity index (χ3n) is 3.36. The van der Waals surface area contributed by atoms with Crippen LogP contribution in [0.2, 0.25) is 0 Å². The number of nitrogens with zero attached hydrogens (tertiary/aromatic N) is 2. The molecule has 2 aromatic rings. The SMILES string of the molecule is CN1C(=O)Cc2cc(NC(=O)c3ccncc3)ccc21.Cl. The average Bonchev–Trinajstić information content (AvgIpc) is 2.74. The number of carbonyl (C=O) groups excluding carboxylic acids is 2.